The number of rotatable bonds is 9. The average Bonchev–Trinajstić information content (AvgIpc) is 3.57. The van der Waals surface area contributed by atoms with Gasteiger partial charge in [-0.15, -0.1) is 0 Å². The highest BCUT2D eigenvalue weighted by Crippen LogP contribution is 2.37. The van der Waals surface area contributed by atoms with Crippen LogP contribution in [0.2, 0.25) is 0 Å². The molecule has 0 fully saturated rings. The number of nitro groups is 1. The van der Waals surface area contributed by atoms with Gasteiger partial charge in [-0.1, -0.05) is 30.1 Å². The summed E-state index contributed by atoms with van der Waals surface area (Å²) >= 11 is 8.23. The maximum atomic E-state index is 14.0. The van der Waals surface area contributed by atoms with Crippen molar-refractivity contribution in [3.63, 3.8) is 0 Å². The maximum Gasteiger partial charge on any atom is 0.338 e. The van der Waals surface area contributed by atoms with E-state index in [1.165, 1.54) is 28.0 Å². The first kappa shape index (κ1) is 31.4. The lowest BCUT2D eigenvalue weighted by atomic mass is 10.0. The lowest BCUT2D eigenvalue weighted by Gasteiger charge is -2.22. The van der Waals surface area contributed by atoms with E-state index in [4.69, 9.17) is 13.9 Å². The number of nitro benzene ring substituents is 1. The fraction of sp³-hybridized carbons (Fsp3) is 0.194. The SMILES string of the molecule is C=CCOc1c(Br)cc(/C=c2\sc3n(c2=O)[C@H](c2ccc(-c4cc([N+](=O)[O-])ccc4C)o2)C(C(=O)OCC)=C(C)N=3)cc1Br. The molecule has 1 atom stereocenters. The number of allylic oxidation sites excluding steroid dienone is 1. The molecule has 0 amide bonds. The zero-order chi connectivity index (χ0) is 31.7. The van der Waals surface area contributed by atoms with E-state index in [0.717, 1.165) is 11.1 Å². The molecule has 0 N–H and O–H groups in total. The van der Waals surface area contributed by atoms with E-state index in [2.05, 4.69) is 43.4 Å². The van der Waals surface area contributed by atoms with Gasteiger partial charge >= 0.3 is 5.97 Å². The molecular formula is C31H25Br2N3O7S. The lowest BCUT2D eigenvalue weighted by Crippen LogP contribution is -2.39. The number of hydrogen-bond acceptors (Lipinski definition) is 9. The van der Waals surface area contributed by atoms with E-state index in [0.29, 0.717) is 47.7 Å². The first-order chi connectivity index (χ1) is 21.0. The number of fused-ring (bicyclic) bond motifs is 1. The molecule has 0 spiro atoms. The molecular weight excluding hydrogens is 718 g/mol. The number of nitrogens with zero attached hydrogens (tertiary/aromatic N) is 3. The second-order valence-corrected chi connectivity index (χ2v) is 12.4. The number of hydrogen-bond donors (Lipinski definition) is 0. The number of aryl methyl sites for hydroxylation is 1. The van der Waals surface area contributed by atoms with Crippen molar-refractivity contribution in [1.82, 2.24) is 4.57 Å². The van der Waals surface area contributed by atoms with E-state index in [1.54, 1.807) is 44.2 Å². The van der Waals surface area contributed by atoms with Crippen LogP contribution in [0.5, 0.6) is 5.75 Å². The van der Waals surface area contributed by atoms with Gasteiger partial charge in [0.15, 0.2) is 4.80 Å². The standard InChI is InChI=1S/C31H25Br2N3O7S/c1-5-11-42-28-21(32)12-18(13-22(28)33)14-25-29(37)35-27(26(30(38)41-6-2)17(4)34-31(35)44-25)24-10-9-23(43-24)20-15-19(36(39)40)8-7-16(20)3/h5,7-10,12-15,27H,1,6,11H2,2-4H3/b25-14-/t27-/m1/s1. The molecule has 0 saturated carbocycles. The quantitative estimate of drug-likeness (QED) is 0.0845. The summed E-state index contributed by atoms with van der Waals surface area (Å²) in [6.07, 6.45) is 3.38. The minimum absolute atomic E-state index is 0.0851. The molecule has 10 nitrogen and oxygen atoms in total. The van der Waals surface area contributed by atoms with Gasteiger partial charge in [-0.2, -0.15) is 0 Å². The van der Waals surface area contributed by atoms with Gasteiger partial charge in [-0.25, -0.2) is 9.79 Å². The highest BCUT2D eigenvalue weighted by Gasteiger charge is 2.35. The molecule has 226 valence electrons. The topological polar surface area (TPSA) is 126 Å². The number of thiazole rings is 1. The van der Waals surface area contributed by atoms with Gasteiger partial charge < -0.3 is 13.9 Å². The number of carbonyl (C=O) groups excluding carboxylic acids is 1. The van der Waals surface area contributed by atoms with Crippen LogP contribution in [-0.4, -0.2) is 28.7 Å². The molecule has 13 heteroatoms. The molecule has 1 aliphatic rings. The van der Waals surface area contributed by atoms with Crippen molar-refractivity contribution in [2.24, 2.45) is 4.99 Å². The zero-order valence-electron chi connectivity index (χ0n) is 23.8. The van der Waals surface area contributed by atoms with Gasteiger partial charge in [0, 0.05) is 17.7 Å². The summed E-state index contributed by atoms with van der Waals surface area (Å²) in [5.41, 5.74) is 2.09. The minimum Gasteiger partial charge on any atom is -0.487 e. The Morgan fingerprint density at radius 1 is 1.20 bits per heavy atom. The van der Waals surface area contributed by atoms with Crippen LogP contribution in [-0.2, 0) is 9.53 Å². The summed E-state index contributed by atoms with van der Waals surface area (Å²) in [5.74, 6) is 0.617. The molecule has 0 aliphatic carbocycles. The molecule has 44 heavy (non-hydrogen) atoms. The first-order valence-electron chi connectivity index (χ1n) is 13.3. The summed E-state index contributed by atoms with van der Waals surface area (Å²) in [4.78, 5) is 43.2. The predicted octanol–water partition coefficient (Wildman–Crippen LogP) is 6.36. The van der Waals surface area contributed by atoms with Crippen molar-refractivity contribution in [3.05, 3.63) is 122 Å². The fourth-order valence-electron chi connectivity index (χ4n) is 4.79. The number of furan rings is 1. The van der Waals surface area contributed by atoms with Gasteiger partial charge in [0.25, 0.3) is 11.2 Å². The Morgan fingerprint density at radius 2 is 1.93 bits per heavy atom. The van der Waals surface area contributed by atoms with Gasteiger partial charge in [0.1, 0.15) is 29.9 Å². The summed E-state index contributed by atoms with van der Waals surface area (Å²) < 4.78 is 20.5. The van der Waals surface area contributed by atoms with E-state index in [1.807, 2.05) is 19.1 Å². The third-order valence-electron chi connectivity index (χ3n) is 6.77. The van der Waals surface area contributed by atoms with Crippen molar-refractivity contribution in [1.29, 1.82) is 0 Å². The lowest BCUT2D eigenvalue weighted by molar-refractivity contribution is -0.384. The molecule has 4 aromatic rings. The van der Waals surface area contributed by atoms with Gasteiger partial charge in [0.2, 0.25) is 0 Å². The summed E-state index contributed by atoms with van der Waals surface area (Å²) in [5, 5.41) is 11.4. The monoisotopic (exact) mass is 741 g/mol. The number of esters is 1. The van der Waals surface area contributed by atoms with Crippen LogP contribution in [0.4, 0.5) is 5.69 Å². The molecule has 3 heterocycles. The molecule has 0 saturated heterocycles. The molecule has 1 aliphatic heterocycles. The van der Waals surface area contributed by atoms with E-state index >= 15 is 0 Å². The Bertz CT molecular complexity index is 2020. The van der Waals surface area contributed by atoms with Gasteiger partial charge in [-0.3, -0.25) is 19.5 Å². The van der Waals surface area contributed by atoms with Crippen molar-refractivity contribution in [3.8, 4) is 17.1 Å². The highest BCUT2D eigenvalue weighted by molar-refractivity contribution is 9.11. The molecule has 0 unspecified atom stereocenters. The molecule has 5 rings (SSSR count). The van der Waals surface area contributed by atoms with Crippen molar-refractivity contribution in [2.45, 2.75) is 26.8 Å². The third kappa shape index (κ3) is 5.99. The van der Waals surface area contributed by atoms with Gasteiger partial charge in [-0.05, 0) is 94.1 Å². The Kier molecular flexibility index (Phi) is 9.18. The van der Waals surface area contributed by atoms with Crippen LogP contribution < -0.4 is 19.6 Å². The number of halogens is 2. The van der Waals surface area contributed by atoms with E-state index in [-0.39, 0.29) is 29.2 Å². The van der Waals surface area contributed by atoms with Crippen molar-refractivity contribution >= 4 is 60.9 Å². The van der Waals surface area contributed by atoms with Crippen LogP contribution in [0.3, 0.4) is 0 Å². The number of aromatic nitrogens is 1. The number of benzene rings is 2. The predicted molar refractivity (Wildman–Crippen MR) is 173 cm³/mol. The third-order valence-corrected chi connectivity index (χ3v) is 8.94. The average molecular weight is 743 g/mol. The smallest absolute Gasteiger partial charge is 0.338 e. The minimum atomic E-state index is -0.978. The van der Waals surface area contributed by atoms with Crippen LogP contribution in [0.25, 0.3) is 17.4 Å². The van der Waals surface area contributed by atoms with Crippen LogP contribution in [0.15, 0.2) is 89.5 Å². The Labute approximate surface area is 272 Å². The molecule has 2 aromatic heterocycles. The Hall–Kier alpha value is -4.07. The van der Waals surface area contributed by atoms with Crippen LogP contribution in [0, 0.1) is 17.0 Å². The maximum absolute atomic E-state index is 14.0. The van der Waals surface area contributed by atoms with Crippen LogP contribution in [0.1, 0.15) is 36.8 Å². The molecule has 0 bridgehead atoms. The van der Waals surface area contributed by atoms with Gasteiger partial charge in [0.05, 0.1) is 36.3 Å². The molecule has 0 radical (unpaired) electrons. The van der Waals surface area contributed by atoms with E-state index < -0.39 is 16.9 Å². The largest absolute Gasteiger partial charge is 0.487 e. The van der Waals surface area contributed by atoms with Crippen molar-refractivity contribution < 1.29 is 23.6 Å². The summed E-state index contributed by atoms with van der Waals surface area (Å²) in [7, 11) is 0. The van der Waals surface area contributed by atoms with Crippen molar-refractivity contribution in [2.75, 3.05) is 13.2 Å². The second kappa shape index (κ2) is 12.9. The Balaban J connectivity index is 1.66. The molecule has 2 aromatic carbocycles. The summed E-state index contributed by atoms with van der Waals surface area (Å²) in [6.45, 7) is 9.31. The zero-order valence-corrected chi connectivity index (χ0v) is 27.7. The van der Waals surface area contributed by atoms with Crippen LogP contribution >= 0.6 is 43.2 Å². The normalized spacial score (nSPS) is 14.7. The first-order valence-corrected chi connectivity index (χ1v) is 15.7. The number of non-ortho nitro benzene ring substituents is 1. The van der Waals surface area contributed by atoms with E-state index in [9.17, 15) is 19.7 Å². The summed E-state index contributed by atoms with van der Waals surface area (Å²) in [6, 6.07) is 10.5. The number of carbonyl (C=O) groups is 1. The highest BCUT2D eigenvalue weighted by atomic mass is 79.9. The Morgan fingerprint density at radius 3 is 2.59 bits per heavy atom. The fourth-order valence-corrected chi connectivity index (χ4v) is 7.29. The second-order valence-electron chi connectivity index (χ2n) is 9.67. The number of ether oxygens (including phenoxy) is 2.